The van der Waals surface area contributed by atoms with Crippen LogP contribution in [0, 0.1) is 11.6 Å². The van der Waals surface area contributed by atoms with Gasteiger partial charge in [-0.3, -0.25) is 0 Å². The van der Waals surface area contributed by atoms with E-state index in [2.05, 4.69) is 0 Å². The summed E-state index contributed by atoms with van der Waals surface area (Å²) in [4.78, 5) is 12.0. The molecular weight excluding hydrogens is 252 g/mol. The van der Waals surface area contributed by atoms with Crippen LogP contribution < -0.4 is 4.90 Å². The van der Waals surface area contributed by atoms with Crippen LogP contribution in [-0.2, 0) is 0 Å². The number of hydrogen-bond acceptors (Lipinski definition) is 2. The zero-order valence-electron chi connectivity index (χ0n) is 10.1. The van der Waals surface area contributed by atoms with Crippen molar-refractivity contribution in [3.8, 4) is 0 Å². The zero-order valence-corrected chi connectivity index (χ0v) is 10.1. The predicted octanol–water partition coefficient (Wildman–Crippen LogP) is 3.43. The molecule has 0 atom stereocenters. The highest BCUT2D eigenvalue weighted by atomic mass is 19.1. The molecule has 1 N–H and O–H groups in total. The first-order chi connectivity index (χ1) is 9.00. The molecule has 0 saturated heterocycles. The van der Waals surface area contributed by atoms with Crippen LogP contribution >= 0.6 is 0 Å². The minimum Gasteiger partial charge on any atom is -0.478 e. The van der Waals surface area contributed by atoms with Crippen molar-refractivity contribution in [1.82, 2.24) is 0 Å². The lowest BCUT2D eigenvalue weighted by Gasteiger charge is -2.20. The van der Waals surface area contributed by atoms with Gasteiger partial charge in [0.05, 0.1) is 16.9 Å². The molecule has 2 aromatic carbocycles. The van der Waals surface area contributed by atoms with E-state index in [4.69, 9.17) is 5.11 Å². The smallest absolute Gasteiger partial charge is 0.335 e. The number of nitrogens with zero attached hydrogens (tertiary/aromatic N) is 1. The molecule has 0 aliphatic carbocycles. The maximum atomic E-state index is 13.9. The van der Waals surface area contributed by atoms with Crippen LogP contribution in [-0.4, -0.2) is 18.1 Å². The molecule has 0 spiro atoms. The lowest BCUT2D eigenvalue weighted by Crippen LogP contribution is -2.13. The van der Waals surface area contributed by atoms with E-state index in [1.807, 2.05) is 0 Å². The summed E-state index contributed by atoms with van der Waals surface area (Å²) in [6, 6.07) is 9.46. The van der Waals surface area contributed by atoms with Crippen molar-refractivity contribution >= 4 is 17.3 Å². The van der Waals surface area contributed by atoms with Gasteiger partial charge in [0.15, 0.2) is 0 Å². The average Bonchev–Trinajstić information content (AvgIpc) is 2.38. The van der Waals surface area contributed by atoms with Gasteiger partial charge in [0.1, 0.15) is 11.6 Å². The van der Waals surface area contributed by atoms with Crippen LogP contribution in [0.15, 0.2) is 42.5 Å². The minimum atomic E-state index is -1.21. The average molecular weight is 263 g/mol. The zero-order chi connectivity index (χ0) is 14.0. The number of rotatable bonds is 3. The number of carboxylic acids is 1. The quantitative estimate of drug-likeness (QED) is 0.922. The van der Waals surface area contributed by atoms with E-state index in [0.29, 0.717) is 0 Å². The SMILES string of the molecule is CN(c1ccccc1F)c1ccc(C(=O)O)cc1F. The van der Waals surface area contributed by atoms with Crippen LogP contribution in [0.5, 0.6) is 0 Å². The van der Waals surface area contributed by atoms with E-state index >= 15 is 0 Å². The highest BCUT2D eigenvalue weighted by Gasteiger charge is 2.14. The van der Waals surface area contributed by atoms with Gasteiger partial charge in [-0.2, -0.15) is 0 Å². The largest absolute Gasteiger partial charge is 0.478 e. The molecule has 3 nitrogen and oxygen atoms in total. The van der Waals surface area contributed by atoms with Crippen LogP contribution in [0.1, 0.15) is 10.4 Å². The predicted molar refractivity (Wildman–Crippen MR) is 67.8 cm³/mol. The first kappa shape index (κ1) is 13.0. The topological polar surface area (TPSA) is 40.5 Å². The van der Waals surface area contributed by atoms with Gasteiger partial charge in [0.25, 0.3) is 0 Å². The molecule has 0 unspecified atom stereocenters. The van der Waals surface area contributed by atoms with E-state index in [1.165, 1.54) is 42.3 Å². The van der Waals surface area contributed by atoms with Gasteiger partial charge >= 0.3 is 5.97 Å². The molecule has 0 saturated carbocycles. The van der Waals surface area contributed by atoms with Gasteiger partial charge in [0, 0.05) is 7.05 Å². The molecule has 0 amide bonds. The Bertz CT molecular complexity index is 629. The third-order valence-corrected chi connectivity index (χ3v) is 2.77. The Morgan fingerprint density at radius 1 is 1.05 bits per heavy atom. The van der Waals surface area contributed by atoms with E-state index in [9.17, 15) is 13.6 Å². The van der Waals surface area contributed by atoms with Crippen molar-refractivity contribution in [1.29, 1.82) is 0 Å². The molecule has 5 heteroatoms. The third-order valence-electron chi connectivity index (χ3n) is 2.77. The fraction of sp³-hybridized carbons (Fsp3) is 0.0714. The molecule has 0 radical (unpaired) electrons. The number of halogens is 2. The first-order valence-electron chi connectivity index (χ1n) is 5.52. The Morgan fingerprint density at radius 2 is 1.68 bits per heavy atom. The summed E-state index contributed by atoms with van der Waals surface area (Å²) >= 11 is 0. The number of hydrogen-bond donors (Lipinski definition) is 1. The van der Waals surface area contributed by atoms with Gasteiger partial charge < -0.3 is 10.0 Å². The van der Waals surface area contributed by atoms with Crippen LogP contribution in [0.3, 0.4) is 0 Å². The number of carbonyl (C=O) groups is 1. The third kappa shape index (κ3) is 2.54. The summed E-state index contributed by atoms with van der Waals surface area (Å²) in [7, 11) is 1.51. The second kappa shape index (κ2) is 5.06. The number of benzene rings is 2. The fourth-order valence-electron chi connectivity index (χ4n) is 1.77. The Labute approximate surface area is 108 Å². The summed E-state index contributed by atoms with van der Waals surface area (Å²) in [5.74, 6) is -2.41. The van der Waals surface area contributed by atoms with Crippen molar-refractivity contribution in [3.05, 3.63) is 59.7 Å². The van der Waals surface area contributed by atoms with Gasteiger partial charge in [0.2, 0.25) is 0 Å². The fourth-order valence-corrected chi connectivity index (χ4v) is 1.77. The first-order valence-corrected chi connectivity index (χ1v) is 5.52. The maximum Gasteiger partial charge on any atom is 0.335 e. The normalized spacial score (nSPS) is 10.3. The van der Waals surface area contributed by atoms with Crippen molar-refractivity contribution in [3.63, 3.8) is 0 Å². The summed E-state index contributed by atoms with van der Waals surface area (Å²) in [6.07, 6.45) is 0. The number of anilines is 2. The molecule has 0 aliphatic heterocycles. The van der Waals surface area contributed by atoms with Crippen LogP contribution in [0.2, 0.25) is 0 Å². The van der Waals surface area contributed by atoms with Crippen molar-refractivity contribution in [2.45, 2.75) is 0 Å². The Hall–Kier alpha value is -2.43. The number of carboxylic acid groups (broad SMARTS) is 1. The molecule has 19 heavy (non-hydrogen) atoms. The van der Waals surface area contributed by atoms with Crippen molar-refractivity contribution in [2.75, 3.05) is 11.9 Å². The Morgan fingerprint density at radius 3 is 2.26 bits per heavy atom. The second-order valence-corrected chi connectivity index (χ2v) is 3.98. The molecule has 0 aromatic heterocycles. The number of aromatic carboxylic acids is 1. The van der Waals surface area contributed by atoms with Gasteiger partial charge in [-0.25, -0.2) is 13.6 Å². The van der Waals surface area contributed by atoms with Crippen LogP contribution in [0.25, 0.3) is 0 Å². The number of para-hydroxylation sites is 1. The van der Waals surface area contributed by atoms with E-state index in [1.54, 1.807) is 6.07 Å². The molecule has 0 fully saturated rings. The van der Waals surface area contributed by atoms with Gasteiger partial charge in [-0.1, -0.05) is 12.1 Å². The Balaban J connectivity index is 2.42. The molecular formula is C14H11F2NO2. The van der Waals surface area contributed by atoms with Crippen LogP contribution in [0.4, 0.5) is 20.2 Å². The van der Waals surface area contributed by atoms with Crippen molar-refractivity contribution in [2.24, 2.45) is 0 Å². The van der Waals surface area contributed by atoms with Gasteiger partial charge in [-0.15, -0.1) is 0 Å². The molecule has 2 aromatic rings. The van der Waals surface area contributed by atoms with Gasteiger partial charge in [-0.05, 0) is 30.3 Å². The summed E-state index contributed by atoms with van der Waals surface area (Å²) in [6.45, 7) is 0. The summed E-state index contributed by atoms with van der Waals surface area (Å²) < 4.78 is 27.5. The van der Waals surface area contributed by atoms with E-state index in [-0.39, 0.29) is 16.9 Å². The minimum absolute atomic E-state index is 0.107. The summed E-state index contributed by atoms with van der Waals surface area (Å²) in [5, 5.41) is 8.76. The molecule has 98 valence electrons. The summed E-state index contributed by atoms with van der Waals surface area (Å²) in [5.41, 5.74) is 0.169. The molecule has 0 aliphatic rings. The highest BCUT2D eigenvalue weighted by Crippen LogP contribution is 2.28. The Kier molecular flexibility index (Phi) is 3.46. The molecule has 0 heterocycles. The van der Waals surface area contributed by atoms with E-state index < -0.39 is 17.6 Å². The highest BCUT2D eigenvalue weighted by molar-refractivity contribution is 5.88. The molecule has 0 bridgehead atoms. The standard InChI is InChI=1S/C14H11F2NO2/c1-17(12-5-3-2-4-10(12)15)13-7-6-9(14(18)19)8-11(13)16/h2-8H,1H3,(H,18,19). The molecule has 2 rings (SSSR count). The van der Waals surface area contributed by atoms with Crippen molar-refractivity contribution < 1.29 is 18.7 Å². The lowest BCUT2D eigenvalue weighted by atomic mass is 10.1. The van der Waals surface area contributed by atoms with E-state index in [0.717, 1.165) is 6.07 Å². The monoisotopic (exact) mass is 263 g/mol. The lowest BCUT2D eigenvalue weighted by molar-refractivity contribution is 0.0696. The second-order valence-electron chi connectivity index (χ2n) is 3.98. The maximum absolute atomic E-state index is 13.9.